The molecule has 1 heterocycles. The maximum Gasteiger partial charge on any atom is 0.321 e. The number of halogens is 2. The molecule has 0 aromatic heterocycles. The molecule has 0 saturated carbocycles. The summed E-state index contributed by atoms with van der Waals surface area (Å²) in [6.45, 7) is 0.988. The number of thioether (sulfide) groups is 1. The molecule has 0 amide bonds. The first kappa shape index (κ1) is 15.9. The van der Waals surface area contributed by atoms with Crippen molar-refractivity contribution < 1.29 is 15.0 Å². The number of likely N-dealkylation sites (tertiary alicyclic amines) is 1. The van der Waals surface area contributed by atoms with Gasteiger partial charge >= 0.3 is 5.97 Å². The minimum atomic E-state index is -0.882. The van der Waals surface area contributed by atoms with Gasteiger partial charge in [0.2, 0.25) is 0 Å². The van der Waals surface area contributed by atoms with Gasteiger partial charge in [0.25, 0.3) is 0 Å². The second-order valence-electron chi connectivity index (χ2n) is 4.66. The van der Waals surface area contributed by atoms with E-state index in [1.54, 1.807) is 23.1 Å². The van der Waals surface area contributed by atoms with Gasteiger partial charge in [0, 0.05) is 35.2 Å². The standard InChI is InChI=1S/C13H15Cl2NO3S/c14-8-1-2-10(15)12(5-8)20-4-3-16-7-9(17)6-11(16)13(18)19/h1-2,5,9,11,17H,3-4,6-7H2,(H,18,19). The average Bonchev–Trinajstić information content (AvgIpc) is 2.75. The first-order chi connectivity index (χ1) is 9.47. The van der Waals surface area contributed by atoms with E-state index in [1.807, 2.05) is 0 Å². The monoisotopic (exact) mass is 335 g/mol. The molecule has 0 bridgehead atoms. The van der Waals surface area contributed by atoms with Crippen LogP contribution in [0.4, 0.5) is 0 Å². The molecule has 1 fully saturated rings. The predicted molar refractivity (Wildman–Crippen MR) is 80.8 cm³/mol. The van der Waals surface area contributed by atoms with E-state index in [9.17, 15) is 9.90 Å². The van der Waals surface area contributed by atoms with Crippen LogP contribution in [0.25, 0.3) is 0 Å². The van der Waals surface area contributed by atoms with Gasteiger partial charge < -0.3 is 10.2 Å². The van der Waals surface area contributed by atoms with Crippen LogP contribution in [0.1, 0.15) is 6.42 Å². The van der Waals surface area contributed by atoms with Crippen molar-refractivity contribution >= 4 is 40.9 Å². The quantitative estimate of drug-likeness (QED) is 0.810. The molecule has 1 aromatic carbocycles. The minimum absolute atomic E-state index is 0.290. The summed E-state index contributed by atoms with van der Waals surface area (Å²) in [5, 5.41) is 19.9. The van der Waals surface area contributed by atoms with Crippen LogP contribution < -0.4 is 0 Å². The summed E-state index contributed by atoms with van der Waals surface area (Å²) < 4.78 is 0. The van der Waals surface area contributed by atoms with E-state index in [-0.39, 0.29) is 6.42 Å². The lowest BCUT2D eigenvalue weighted by Gasteiger charge is -2.20. The van der Waals surface area contributed by atoms with Crippen LogP contribution in [0, 0.1) is 0 Å². The number of aliphatic hydroxyl groups excluding tert-OH is 1. The molecular weight excluding hydrogens is 321 g/mol. The highest BCUT2D eigenvalue weighted by Crippen LogP contribution is 2.30. The van der Waals surface area contributed by atoms with E-state index in [0.29, 0.717) is 28.9 Å². The second-order valence-corrected chi connectivity index (χ2v) is 6.64. The van der Waals surface area contributed by atoms with Gasteiger partial charge in [-0.05, 0) is 18.2 Å². The molecule has 2 unspecified atom stereocenters. The molecule has 2 N–H and O–H groups in total. The maximum atomic E-state index is 11.1. The topological polar surface area (TPSA) is 60.8 Å². The highest BCUT2D eigenvalue weighted by atomic mass is 35.5. The zero-order chi connectivity index (χ0) is 14.7. The Hall–Kier alpha value is -0.460. The number of rotatable bonds is 5. The molecule has 2 atom stereocenters. The number of nitrogens with zero attached hydrogens (tertiary/aromatic N) is 1. The molecule has 0 spiro atoms. The summed E-state index contributed by atoms with van der Waals surface area (Å²) >= 11 is 13.5. The fourth-order valence-electron chi connectivity index (χ4n) is 2.24. The second kappa shape index (κ2) is 7.00. The largest absolute Gasteiger partial charge is 0.480 e. The summed E-state index contributed by atoms with van der Waals surface area (Å²) in [7, 11) is 0. The first-order valence-corrected chi connectivity index (χ1v) is 7.94. The van der Waals surface area contributed by atoms with E-state index < -0.39 is 18.1 Å². The molecule has 110 valence electrons. The molecular formula is C13H15Cl2NO3S. The number of aliphatic carboxylic acids is 1. The van der Waals surface area contributed by atoms with Crippen molar-refractivity contribution in [3.05, 3.63) is 28.2 Å². The van der Waals surface area contributed by atoms with Crippen LogP contribution in [0.15, 0.2) is 23.1 Å². The van der Waals surface area contributed by atoms with E-state index in [4.69, 9.17) is 28.3 Å². The molecule has 20 heavy (non-hydrogen) atoms. The van der Waals surface area contributed by atoms with Crippen molar-refractivity contribution in [3.8, 4) is 0 Å². The molecule has 4 nitrogen and oxygen atoms in total. The van der Waals surface area contributed by atoms with Gasteiger partial charge in [-0.25, -0.2) is 0 Å². The number of aliphatic hydroxyl groups is 1. The summed E-state index contributed by atoms with van der Waals surface area (Å²) in [6, 6.07) is 4.67. The number of carboxylic acids is 1. The Morgan fingerprint density at radius 3 is 2.90 bits per heavy atom. The number of β-amino-alcohol motifs (C(OH)–C–C–N with tert-alkyl or cyclic N) is 1. The van der Waals surface area contributed by atoms with Gasteiger partial charge in [-0.1, -0.05) is 23.2 Å². The van der Waals surface area contributed by atoms with Crippen molar-refractivity contribution in [1.82, 2.24) is 4.90 Å². The molecule has 1 saturated heterocycles. The van der Waals surface area contributed by atoms with Crippen molar-refractivity contribution in [1.29, 1.82) is 0 Å². The van der Waals surface area contributed by atoms with Crippen LogP contribution >= 0.6 is 35.0 Å². The van der Waals surface area contributed by atoms with Crippen molar-refractivity contribution in [2.75, 3.05) is 18.8 Å². The molecule has 1 aromatic rings. The lowest BCUT2D eigenvalue weighted by molar-refractivity contribution is -0.142. The van der Waals surface area contributed by atoms with Crippen molar-refractivity contribution in [2.24, 2.45) is 0 Å². The minimum Gasteiger partial charge on any atom is -0.480 e. The zero-order valence-corrected chi connectivity index (χ0v) is 13.0. The fourth-order valence-corrected chi connectivity index (χ4v) is 3.72. The highest BCUT2D eigenvalue weighted by Gasteiger charge is 2.35. The summed E-state index contributed by atoms with van der Waals surface area (Å²) in [4.78, 5) is 13.8. The van der Waals surface area contributed by atoms with E-state index in [0.717, 1.165) is 4.90 Å². The normalized spacial score (nSPS) is 23.1. The number of hydrogen-bond acceptors (Lipinski definition) is 4. The Balaban J connectivity index is 1.89. The Kier molecular flexibility index (Phi) is 5.57. The molecule has 2 rings (SSSR count). The van der Waals surface area contributed by atoms with Gasteiger partial charge in [0.1, 0.15) is 6.04 Å². The summed E-state index contributed by atoms with van der Waals surface area (Å²) in [6.07, 6.45) is -0.270. The lowest BCUT2D eigenvalue weighted by atomic mass is 10.2. The third-order valence-corrected chi connectivity index (χ3v) is 4.91. The Bertz CT molecular complexity index is 501. The number of carbonyl (C=O) groups is 1. The highest BCUT2D eigenvalue weighted by molar-refractivity contribution is 7.99. The first-order valence-electron chi connectivity index (χ1n) is 6.20. The van der Waals surface area contributed by atoms with Gasteiger partial charge in [-0.15, -0.1) is 11.8 Å². The van der Waals surface area contributed by atoms with E-state index >= 15 is 0 Å². The fraction of sp³-hybridized carbons (Fsp3) is 0.462. The van der Waals surface area contributed by atoms with Crippen LogP contribution in [-0.2, 0) is 4.79 Å². The third kappa shape index (κ3) is 4.02. The van der Waals surface area contributed by atoms with E-state index in [2.05, 4.69) is 0 Å². The van der Waals surface area contributed by atoms with Crippen molar-refractivity contribution in [3.63, 3.8) is 0 Å². The smallest absolute Gasteiger partial charge is 0.321 e. The molecule has 0 aliphatic carbocycles. The van der Waals surface area contributed by atoms with Crippen LogP contribution in [0.5, 0.6) is 0 Å². The molecule has 0 radical (unpaired) electrons. The Morgan fingerprint density at radius 2 is 2.20 bits per heavy atom. The average molecular weight is 336 g/mol. The van der Waals surface area contributed by atoms with Gasteiger partial charge in [0.05, 0.1) is 11.1 Å². The molecule has 1 aliphatic heterocycles. The number of carboxylic acid groups (broad SMARTS) is 1. The predicted octanol–water partition coefficient (Wildman–Crippen LogP) is 2.61. The van der Waals surface area contributed by atoms with Crippen molar-refractivity contribution in [2.45, 2.75) is 23.5 Å². The van der Waals surface area contributed by atoms with Gasteiger partial charge in [-0.2, -0.15) is 0 Å². The van der Waals surface area contributed by atoms with Crippen LogP contribution in [0.3, 0.4) is 0 Å². The molecule has 7 heteroatoms. The number of hydrogen-bond donors (Lipinski definition) is 2. The molecule has 1 aliphatic rings. The lowest BCUT2D eigenvalue weighted by Crippen LogP contribution is -2.37. The third-order valence-electron chi connectivity index (χ3n) is 3.20. The van der Waals surface area contributed by atoms with Gasteiger partial charge in [-0.3, -0.25) is 9.69 Å². The van der Waals surface area contributed by atoms with Gasteiger partial charge in [0.15, 0.2) is 0 Å². The van der Waals surface area contributed by atoms with Crippen LogP contribution in [0.2, 0.25) is 10.0 Å². The number of benzene rings is 1. The SMILES string of the molecule is O=C(O)C1CC(O)CN1CCSc1cc(Cl)ccc1Cl. The Labute approximate surface area is 131 Å². The zero-order valence-electron chi connectivity index (χ0n) is 10.6. The summed E-state index contributed by atoms with van der Waals surface area (Å²) in [5.74, 6) is -0.191. The van der Waals surface area contributed by atoms with Crippen LogP contribution in [-0.4, -0.2) is 52.1 Å². The van der Waals surface area contributed by atoms with E-state index in [1.165, 1.54) is 11.8 Å². The Morgan fingerprint density at radius 1 is 1.45 bits per heavy atom. The maximum absolute atomic E-state index is 11.1. The summed E-state index contributed by atoms with van der Waals surface area (Å²) in [5.41, 5.74) is 0.